The Morgan fingerprint density at radius 3 is 1.59 bits per heavy atom. The van der Waals surface area contributed by atoms with Crippen LogP contribution in [0, 0.1) is 0 Å². The number of nitrogens with two attached hydrogens (primary N) is 2. The molecule has 118 valence electrons. The number of carbonyl (C=O) groups is 2. The van der Waals surface area contributed by atoms with E-state index in [-0.39, 0.29) is 24.9 Å². The number of carbonyl (C=O) groups excluding carboxylic acids is 2. The number of aromatic nitrogens is 4. The maximum absolute atomic E-state index is 10.8. The van der Waals surface area contributed by atoms with Gasteiger partial charge in [-0.1, -0.05) is 0 Å². The van der Waals surface area contributed by atoms with E-state index in [4.69, 9.17) is 11.5 Å². The first-order valence-electron chi connectivity index (χ1n) is 7.19. The molecule has 0 bridgehead atoms. The van der Waals surface area contributed by atoms with E-state index in [2.05, 4.69) is 0 Å². The summed E-state index contributed by atoms with van der Waals surface area (Å²) in [5.74, 6) is -0.695. The molecule has 0 aliphatic heterocycles. The summed E-state index contributed by atoms with van der Waals surface area (Å²) in [6, 6.07) is 0. The number of unbranched alkanes of at least 4 members (excludes halogenated alkanes) is 1. The van der Waals surface area contributed by atoms with Gasteiger partial charge in [0, 0.05) is 0 Å². The van der Waals surface area contributed by atoms with E-state index >= 15 is 0 Å². The van der Waals surface area contributed by atoms with Gasteiger partial charge in [0.05, 0.1) is 13.1 Å². The first kappa shape index (κ1) is 15.7. The predicted octanol–water partition coefficient (Wildman–Crippen LogP) is -1.68. The molecule has 2 heterocycles. The van der Waals surface area contributed by atoms with Gasteiger partial charge in [0.25, 0.3) is 11.8 Å². The first-order valence-corrected chi connectivity index (χ1v) is 7.19. The molecule has 4 N–H and O–H groups in total. The van der Waals surface area contributed by atoms with E-state index in [0.29, 0.717) is 0 Å². The smallest absolute Gasteiger partial charge is 0.259 e. The van der Waals surface area contributed by atoms with E-state index < -0.39 is 0 Å². The number of amides is 2. The van der Waals surface area contributed by atoms with Gasteiger partial charge in [-0.05, 0) is 12.8 Å². The van der Waals surface area contributed by atoms with Crippen LogP contribution in [0.2, 0.25) is 0 Å². The maximum atomic E-state index is 10.8. The lowest BCUT2D eigenvalue weighted by atomic mass is 10.3. The fraction of sp³-hybridized carbons (Fsp3) is 0.429. The fourth-order valence-corrected chi connectivity index (χ4v) is 2.28. The van der Waals surface area contributed by atoms with Crippen LogP contribution in [0.3, 0.4) is 0 Å². The first-order chi connectivity index (χ1) is 10.5. The number of primary amides is 2. The molecule has 0 unspecified atom stereocenters. The van der Waals surface area contributed by atoms with Crippen LogP contribution in [0.25, 0.3) is 0 Å². The number of hydrogen-bond donors (Lipinski definition) is 2. The molecule has 0 atom stereocenters. The van der Waals surface area contributed by atoms with Crippen molar-refractivity contribution in [2.75, 3.05) is 0 Å². The largest absolute Gasteiger partial charge is 0.366 e. The topological polar surface area (TPSA) is 104 Å². The Labute approximate surface area is 128 Å². The SMILES string of the molecule is NC(=O)C[n+]1ccn(CCCCn2cc[n+](CC(N)=O)c2)c1. The average molecular weight is 306 g/mol. The highest BCUT2D eigenvalue weighted by Crippen LogP contribution is 1.98. The monoisotopic (exact) mass is 306 g/mol. The molecular weight excluding hydrogens is 284 g/mol. The number of nitrogens with zero attached hydrogens (tertiary/aromatic N) is 4. The Balaban J connectivity index is 1.70. The van der Waals surface area contributed by atoms with Crippen LogP contribution < -0.4 is 20.6 Å². The normalized spacial score (nSPS) is 10.7. The Hall–Kier alpha value is -2.64. The maximum Gasteiger partial charge on any atom is 0.259 e. The number of rotatable bonds is 9. The second-order valence-electron chi connectivity index (χ2n) is 5.29. The highest BCUT2D eigenvalue weighted by atomic mass is 16.1. The quantitative estimate of drug-likeness (QED) is 0.426. The van der Waals surface area contributed by atoms with Crippen molar-refractivity contribution in [2.45, 2.75) is 39.0 Å². The van der Waals surface area contributed by atoms with Crippen LogP contribution in [0.5, 0.6) is 0 Å². The lowest BCUT2D eigenvalue weighted by Crippen LogP contribution is -2.39. The minimum atomic E-state index is -0.348. The highest BCUT2D eigenvalue weighted by Gasteiger charge is 2.08. The molecule has 8 heteroatoms. The van der Waals surface area contributed by atoms with Gasteiger partial charge in [0.15, 0.2) is 13.1 Å². The molecule has 0 aromatic carbocycles. The molecular formula is C14H22N6O2+2. The third kappa shape index (κ3) is 5.04. The van der Waals surface area contributed by atoms with Crippen molar-refractivity contribution < 1.29 is 18.7 Å². The Bertz CT molecular complexity index is 589. The summed E-state index contributed by atoms with van der Waals surface area (Å²) in [4.78, 5) is 21.6. The molecule has 22 heavy (non-hydrogen) atoms. The van der Waals surface area contributed by atoms with Gasteiger partial charge in [-0.3, -0.25) is 9.59 Å². The van der Waals surface area contributed by atoms with Crippen molar-refractivity contribution in [3.8, 4) is 0 Å². The number of aryl methyl sites for hydroxylation is 2. The molecule has 0 radical (unpaired) electrons. The van der Waals surface area contributed by atoms with Gasteiger partial charge >= 0.3 is 0 Å². The Kier molecular flexibility index (Phi) is 5.29. The van der Waals surface area contributed by atoms with E-state index in [1.54, 1.807) is 9.13 Å². The third-order valence-electron chi connectivity index (χ3n) is 3.25. The molecule has 2 rings (SSSR count). The zero-order valence-electron chi connectivity index (χ0n) is 12.5. The van der Waals surface area contributed by atoms with Crippen molar-refractivity contribution in [1.29, 1.82) is 0 Å². The summed E-state index contributed by atoms with van der Waals surface area (Å²) in [6.45, 7) is 2.18. The van der Waals surface area contributed by atoms with E-state index in [0.717, 1.165) is 25.9 Å². The summed E-state index contributed by atoms with van der Waals surface area (Å²) in [5, 5.41) is 0. The summed E-state index contributed by atoms with van der Waals surface area (Å²) in [7, 11) is 0. The summed E-state index contributed by atoms with van der Waals surface area (Å²) in [6.07, 6.45) is 13.3. The average Bonchev–Trinajstić information content (AvgIpc) is 3.03. The van der Waals surface area contributed by atoms with Crippen molar-refractivity contribution in [1.82, 2.24) is 9.13 Å². The molecule has 8 nitrogen and oxygen atoms in total. The summed E-state index contributed by atoms with van der Waals surface area (Å²) in [5.41, 5.74) is 10.3. The van der Waals surface area contributed by atoms with E-state index in [9.17, 15) is 9.59 Å². The standard InChI is InChI=1S/C14H20N6O2/c15-13(21)9-19-7-5-17(11-19)3-1-2-4-18-6-8-20(12-18)10-14(16)22/h5-8,11-12H,1-4,9-10H2,(H2-2,15,16,21,22)/p+2. The molecule has 0 saturated carbocycles. The minimum absolute atomic E-state index is 0.205. The van der Waals surface area contributed by atoms with Gasteiger partial charge in [-0.2, -0.15) is 0 Å². The molecule has 0 saturated heterocycles. The van der Waals surface area contributed by atoms with Crippen molar-refractivity contribution in [2.24, 2.45) is 11.5 Å². The van der Waals surface area contributed by atoms with Crippen LogP contribution in [0.4, 0.5) is 0 Å². The minimum Gasteiger partial charge on any atom is -0.366 e. The molecule has 0 aliphatic carbocycles. The highest BCUT2D eigenvalue weighted by molar-refractivity contribution is 5.72. The Morgan fingerprint density at radius 2 is 1.23 bits per heavy atom. The van der Waals surface area contributed by atoms with Gasteiger partial charge < -0.3 is 11.5 Å². The number of hydrogen-bond acceptors (Lipinski definition) is 2. The molecule has 2 aromatic heterocycles. The van der Waals surface area contributed by atoms with Crippen molar-refractivity contribution >= 4 is 11.8 Å². The number of imidazole rings is 2. The molecule has 0 fully saturated rings. The van der Waals surface area contributed by atoms with Crippen LogP contribution >= 0.6 is 0 Å². The van der Waals surface area contributed by atoms with E-state index in [1.807, 2.05) is 46.6 Å². The third-order valence-corrected chi connectivity index (χ3v) is 3.25. The molecule has 0 spiro atoms. The molecule has 0 aliphatic rings. The lowest BCUT2D eigenvalue weighted by Gasteiger charge is -1.97. The zero-order chi connectivity index (χ0) is 15.9. The van der Waals surface area contributed by atoms with Crippen LogP contribution in [-0.2, 0) is 35.8 Å². The van der Waals surface area contributed by atoms with Gasteiger partial charge in [-0.15, -0.1) is 0 Å². The van der Waals surface area contributed by atoms with E-state index in [1.165, 1.54) is 0 Å². The lowest BCUT2D eigenvalue weighted by molar-refractivity contribution is -0.683. The fourth-order valence-electron chi connectivity index (χ4n) is 2.28. The van der Waals surface area contributed by atoms with Gasteiger partial charge in [-0.25, -0.2) is 18.3 Å². The van der Waals surface area contributed by atoms with Crippen LogP contribution in [0.1, 0.15) is 12.8 Å². The van der Waals surface area contributed by atoms with Crippen LogP contribution in [-0.4, -0.2) is 20.9 Å². The Morgan fingerprint density at radius 1 is 0.818 bits per heavy atom. The predicted molar refractivity (Wildman–Crippen MR) is 76.9 cm³/mol. The second-order valence-corrected chi connectivity index (χ2v) is 5.29. The molecule has 2 aromatic rings. The van der Waals surface area contributed by atoms with Crippen molar-refractivity contribution in [3.63, 3.8) is 0 Å². The van der Waals surface area contributed by atoms with Gasteiger partial charge in [0.2, 0.25) is 12.7 Å². The second kappa shape index (κ2) is 7.39. The zero-order valence-corrected chi connectivity index (χ0v) is 12.5. The van der Waals surface area contributed by atoms with Crippen molar-refractivity contribution in [3.05, 3.63) is 37.4 Å². The summed E-state index contributed by atoms with van der Waals surface area (Å²) >= 11 is 0. The molecule has 2 amide bonds. The van der Waals surface area contributed by atoms with Gasteiger partial charge in [0.1, 0.15) is 24.8 Å². The van der Waals surface area contributed by atoms with Crippen LogP contribution in [0.15, 0.2) is 37.4 Å². The summed E-state index contributed by atoms with van der Waals surface area (Å²) < 4.78 is 7.60.